The van der Waals surface area contributed by atoms with Gasteiger partial charge in [0.1, 0.15) is 9.71 Å². The minimum atomic E-state index is -0.685. The second kappa shape index (κ2) is 8.66. The first-order chi connectivity index (χ1) is 13.5. The van der Waals surface area contributed by atoms with Crippen LogP contribution in [0.5, 0.6) is 0 Å². The molecule has 0 aliphatic heterocycles. The summed E-state index contributed by atoms with van der Waals surface area (Å²) in [6, 6.07) is 10.7. The molecule has 0 atom stereocenters. The van der Waals surface area contributed by atoms with Crippen LogP contribution < -0.4 is 10.6 Å². The van der Waals surface area contributed by atoms with E-state index in [9.17, 15) is 14.4 Å². The predicted molar refractivity (Wildman–Crippen MR) is 106 cm³/mol. The molecule has 1 aromatic carbocycles. The number of fused-ring (bicyclic) bond motifs is 1. The average molecular weight is 400 g/mol. The second-order valence-corrected chi connectivity index (χ2v) is 7.07. The van der Waals surface area contributed by atoms with E-state index in [1.165, 1.54) is 11.3 Å². The minimum Gasteiger partial charge on any atom is -0.451 e. The van der Waals surface area contributed by atoms with Gasteiger partial charge in [-0.25, -0.2) is 14.3 Å². The van der Waals surface area contributed by atoms with E-state index in [-0.39, 0.29) is 0 Å². The Labute approximate surface area is 165 Å². The first-order valence-corrected chi connectivity index (χ1v) is 9.60. The topological polar surface area (TPSA) is 102 Å². The summed E-state index contributed by atoms with van der Waals surface area (Å²) in [5.74, 6) is -1.31. The number of esters is 1. The summed E-state index contributed by atoms with van der Waals surface area (Å²) in [6.07, 6.45) is 0.752. The molecule has 9 heteroatoms. The predicted octanol–water partition coefficient (Wildman–Crippen LogP) is 2.79. The summed E-state index contributed by atoms with van der Waals surface area (Å²) in [7, 11) is 0. The van der Waals surface area contributed by atoms with Crippen LogP contribution in [0.3, 0.4) is 0 Å². The molecule has 0 radical (unpaired) electrons. The molecule has 3 aromatic rings. The van der Waals surface area contributed by atoms with Crippen molar-refractivity contribution < 1.29 is 19.1 Å². The summed E-state index contributed by atoms with van der Waals surface area (Å²) in [4.78, 5) is 36.6. The van der Waals surface area contributed by atoms with Gasteiger partial charge in [-0.1, -0.05) is 25.1 Å². The third kappa shape index (κ3) is 4.37. The third-order valence-electron chi connectivity index (χ3n) is 3.87. The number of thiophene rings is 1. The van der Waals surface area contributed by atoms with Gasteiger partial charge in [0.05, 0.1) is 11.4 Å². The smallest absolute Gasteiger partial charge is 0.348 e. The number of ether oxygens (including phenoxy) is 1. The zero-order valence-corrected chi connectivity index (χ0v) is 16.3. The third-order valence-corrected chi connectivity index (χ3v) is 4.96. The maximum Gasteiger partial charge on any atom is 0.348 e. The number of carbonyl (C=O) groups is 3. The number of imide groups is 1. The van der Waals surface area contributed by atoms with Crippen molar-refractivity contribution in [1.29, 1.82) is 0 Å². The largest absolute Gasteiger partial charge is 0.451 e. The molecule has 0 bridgehead atoms. The minimum absolute atomic E-state index is 0.364. The summed E-state index contributed by atoms with van der Waals surface area (Å²) in [6.45, 7) is 3.69. The molecular formula is C19H20N4O4S. The zero-order valence-electron chi connectivity index (χ0n) is 15.5. The molecule has 2 heterocycles. The first kappa shape index (κ1) is 19.6. The van der Waals surface area contributed by atoms with Crippen LogP contribution in [0.15, 0.2) is 36.4 Å². The van der Waals surface area contributed by atoms with Gasteiger partial charge >= 0.3 is 12.0 Å². The van der Waals surface area contributed by atoms with Gasteiger partial charge < -0.3 is 10.1 Å². The number of hydrogen-bond donors (Lipinski definition) is 2. The highest BCUT2D eigenvalue weighted by Gasteiger charge is 2.19. The molecule has 3 rings (SSSR count). The van der Waals surface area contributed by atoms with Crippen LogP contribution in [-0.4, -0.2) is 40.8 Å². The number of hydrogen-bond acceptors (Lipinski definition) is 6. The van der Waals surface area contributed by atoms with Crippen LogP contribution in [-0.2, 0) is 9.53 Å². The number of amides is 3. The number of aromatic nitrogens is 2. The Bertz CT molecular complexity index is 1010. The molecule has 146 valence electrons. The summed E-state index contributed by atoms with van der Waals surface area (Å²) < 4.78 is 6.80. The Morgan fingerprint density at radius 2 is 1.96 bits per heavy atom. The Morgan fingerprint density at radius 3 is 2.68 bits per heavy atom. The number of para-hydroxylation sites is 1. The van der Waals surface area contributed by atoms with Crippen LogP contribution in [0.2, 0.25) is 0 Å². The second-order valence-electron chi connectivity index (χ2n) is 6.04. The number of nitrogens with zero attached hydrogens (tertiary/aromatic N) is 2. The lowest BCUT2D eigenvalue weighted by Crippen LogP contribution is -2.41. The summed E-state index contributed by atoms with van der Waals surface area (Å²) in [5, 5.41) is 9.98. The van der Waals surface area contributed by atoms with Crippen LogP contribution in [0.25, 0.3) is 15.9 Å². The molecule has 0 aliphatic rings. The fraction of sp³-hybridized carbons (Fsp3) is 0.263. The van der Waals surface area contributed by atoms with Gasteiger partial charge in [-0.3, -0.25) is 10.1 Å². The maximum absolute atomic E-state index is 12.3. The Kier molecular flexibility index (Phi) is 6.05. The van der Waals surface area contributed by atoms with Crippen molar-refractivity contribution in [2.24, 2.45) is 0 Å². The highest BCUT2D eigenvalue weighted by atomic mass is 32.1. The normalized spacial score (nSPS) is 10.6. The van der Waals surface area contributed by atoms with Crippen molar-refractivity contribution in [3.05, 3.63) is 47.0 Å². The Morgan fingerprint density at radius 1 is 1.21 bits per heavy atom. The van der Waals surface area contributed by atoms with Gasteiger partial charge in [0.15, 0.2) is 6.61 Å². The molecule has 0 aliphatic carbocycles. The molecule has 0 saturated heterocycles. The van der Waals surface area contributed by atoms with Crippen molar-refractivity contribution in [2.75, 3.05) is 13.2 Å². The van der Waals surface area contributed by atoms with Crippen molar-refractivity contribution in [2.45, 2.75) is 20.3 Å². The lowest BCUT2D eigenvalue weighted by atomic mass is 10.3. The van der Waals surface area contributed by atoms with E-state index >= 15 is 0 Å². The van der Waals surface area contributed by atoms with E-state index in [1.54, 1.807) is 10.7 Å². The summed E-state index contributed by atoms with van der Waals surface area (Å²) >= 11 is 1.24. The molecule has 28 heavy (non-hydrogen) atoms. The molecule has 3 amide bonds. The molecule has 2 N–H and O–H groups in total. The van der Waals surface area contributed by atoms with E-state index in [1.807, 2.05) is 44.2 Å². The maximum atomic E-state index is 12.3. The summed E-state index contributed by atoms with van der Waals surface area (Å²) in [5.41, 5.74) is 1.68. The van der Waals surface area contributed by atoms with Gasteiger partial charge in [-0.15, -0.1) is 11.3 Å². The number of nitrogens with one attached hydrogen (secondary N) is 2. The van der Waals surface area contributed by atoms with Crippen molar-refractivity contribution >= 4 is 39.5 Å². The molecule has 8 nitrogen and oxygen atoms in total. The first-order valence-electron chi connectivity index (χ1n) is 8.79. The van der Waals surface area contributed by atoms with Crippen LogP contribution in [0.1, 0.15) is 28.7 Å². The zero-order chi connectivity index (χ0) is 20.1. The van der Waals surface area contributed by atoms with Crippen molar-refractivity contribution in [3.63, 3.8) is 0 Å². The van der Waals surface area contributed by atoms with Crippen LogP contribution >= 0.6 is 11.3 Å². The van der Waals surface area contributed by atoms with E-state index in [0.717, 1.165) is 28.0 Å². The van der Waals surface area contributed by atoms with Gasteiger partial charge in [-0.05, 0) is 31.5 Å². The van der Waals surface area contributed by atoms with Crippen molar-refractivity contribution in [1.82, 2.24) is 20.4 Å². The van der Waals surface area contributed by atoms with Crippen LogP contribution in [0.4, 0.5) is 4.79 Å². The van der Waals surface area contributed by atoms with E-state index in [2.05, 4.69) is 15.7 Å². The lowest BCUT2D eigenvalue weighted by molar-refractivity contribution is -0.123. The van der Waals surface area contributed by atoms with E-state index in [4.69, 9.17) is 4.74 Å². The molecule has 0 saturated carbocycles. The van der Waals surface area contributed by atoms with Gasteiger partial charge in [0.2, 0.25) is 0 Å². The van der Waals surface area contributed by atoms with Gasteiger partial charge in [0, 0.05) is 11.9 Å². The van der Waals surface area contributed by atoms with E-state index in [0.29, 0.717) is 11.4 Å². The lowest BCUT2D eigenvalue weighted by Gasteiger charge is -2.06. The standard InChI is InChI=1S/C19H20N4O4S/c1-3-9-20-19(26)21-16(24)11-27-18(25)15-10-14-12(2)22-23(17(14)28-15)13-7-5-4-6-8-13/h4-8,10H,3,9,11H2,1-2H3,(H2,20,21,24,26). The fourth-order valence-electron chi connectivity index (χ4n) is 2.54. The quantitative estimate of drug-likeness (QED) is 0.620. The van der Waals surface area contributed by atoms with Gasteiger partial charge in [0.25, 0.3) is 5.91 Å². The number of urea groups is 1. The molecular weight excluding hydrogens is 380 g/mol. The van der Waals surface area contributed by atoms with E-state index < -0.39 is 24.5 Å². The SMILES string of the molecule is CCCNC(=O)NC(=O)COC(=O)c1cc2c(C)nn(-c3ccccc3)c2s1. The Hall–Kier alpha value is -3.20. The molecule has 2 aromatic heterocycles. The fourth-order valence-corrected chi connectivity index (χ4v) is 3.62. The molecule has 0 spiro atoms. The number of benzene rings is 1. The number of aryl methyl sites for hydroxylation is 1. The highest BCUT2D eigenvalue weighted by molar-refractivity contribution is 7.20. The number of carbonyl (C=O) groups excluding carboxylic acids is 3. The molecule has 0 unspecified atom stereocenters. The van der Waals surface area contributed by atoms with Crippen molar-refractivity contribution in [3.8, 4) is 5.69 Å². The molecule has 0 fully saturated rings. The monoisotopic (exact) mass is 400 g/mol. The average Bonchev–Trinajstić information content (AvgIpc) is 3.26. The van der Waals surface area contributed by atoms with Crippen LogP contribution in [0, 0.1) is 6.92 Å². The van der Waals surface area contributed by atoms with Gasteiger partial charge in [-0.2, -0.15) is 5.10 Å². The highest BCUT2D eigenvalue weighted by Crippen LogP contribution is 2.30. The Balaban J connectivity index is 1.68. The number of rotatable bonds is 6.